The zero-order chi connectivity index (χ0) is 27.0. The van der Waals surface area contributed by atoms with E-state index in [0.29, 0.717) is 11.3 Å². The van der Waals surface area contributed by atoms with E-state index in [-0.39, 0.29) is 6.54 Å². The van der Waals surface area contributed by atoms with Crippen molar-refractivity contribution in [3.63, 3.8) is 0 Å². The van der Waals surface area contributed by atoms with E-state index >= 15 is 0 Å². The molecule has 36 heavy (non-hydrogen) atoms. The Hall–Kier alpha value is -3.65. The van der Waals surface area contributed by atoms with Crippen molar-refractivity contribution in [2.24, 2.45) is 0 Å². The third-order valence-corrected chi connectivity index (χ3v) is 5.55. The third kappa shape index (κ3) is 7.42. The number of benzene rings is 2. The summed E-state index contributed by atoms with van der Waals surface area (Å²) in [6, 6.07) is 10.5. The molecular formula is C28H37N3O5. The van der Waals surface area contributed by atoms with Crippen molar-refractivity contribution in [1.29, 1.82) is 0 Å². The molecule has 8 nitrogen and oxygen atoms in total. The molecule has 0 heterocycles. The molecule has 2 aromatic carbocycles. The van der Waals surface area contributed by atoms with E-state index in [2.05, 4.69) is 17.2 Å². The van der Waals surface area contributed by atoms with E-state index < -0.39 is 42.2 Å². The molecule has 0 bridgehead atoms. The maximum absolute atomic E-state index is 13.7. The first-order chi connectivity index (χ1) is 16.9. The molecule has 3 N–H and O–H groups in total. The zero-order valence-corrected chi connectivity index (χ0v) is 21.9. The topological polar surface area (TPSA) is 108 Å². The van der Waals surface area contributed by atoms with Gasteiger partial charge in [0.1, 0.15) is 17.7 Å². The highest BCUT2D eigenvalue weighted by Gasteiger charge is 2.35. The number of ether oxygens (including phenoxy) is 1. The maximum atomic E-state index is 13.7. The number of likely N-dealkylation sites (N-methyl/N-ethyl adjacent to an activating group) is 1. The highest BCUT2D eigenvalue weighted by molar-refractivity contribution is 6.00. The zero-order valence-electron chi connectivity index (χ0n) is 21.9. The van der Waals surface area contributed by atoms with Crippen LogP contribution in [0.25, 0.3) is 6.08 Å². The first-order valence-electron chi connectivity index (χ1n) is 11.9. The fourth-order valence-corrected chi connectivity index (χ4v) is 3.83. The lowest BCUT2D eigenvalue weighted by Crippen LogP contribution is -2.53. The lowest BCUT2D eigenvalue weighted by molar-refractivity contribution is -0.141. The van der Waals surface area contributed by atoms with Gasteiger partial charge in [-0.15, -0.1) is 0 Å². The van der Waals surface area contributed by atoms with Gasteiger partial charge in [-0.1, -0.05) is 49.1 Å². The smallest absolute Gasteiger partial charge is 0.408 e. The van der Waals surface area contributed by atoms with Crippen LogP contribution in [0.1, 0.15) is 56.0 Å². The molecule has 0 aliphatic heterocycles. The monoisotopic (exact) mass is 495 g/mol. The van der Waals surface area contributed by atoms with Crippen molar-refractivity contribution >= 4 is 29.7 Å². The number of para-hydroxylation sites is 1. The Morgan fingerprint density at radius 1 is 1.11 bits per heavy atom. The van der Waals surface area contributed by atoms with Crippen molar-refractivity contribution in [1.82, 2.24) is 10.2 Å². The molecule has 194 valence electrons. The van der Waals surface area contributed by atoms with Gasteiger partial charge in [-0.05, 0) is 69.9 Å². The summed E-state index contributed by atoms with van der Waals surface area (Å²) in [4.78, 5) is 40.9. The van der Waals surface area contributed by atoms with Gasteiger partial charge >= 0.3 is 6.09 Å². The molecule has 0 aliphatic carbocycles. The number of nitrogens with one attached hydrogen (secondary N) is 2. The van der Waals surface area contributed by atoms with Crippen LogP contribution in [0.4, 0.5) is 10.5 Å². The fraction of sp³-hybridized carbons (Fsp3) is 0.393. The fourth-order valence-electron chi connectivity index (χ4n) is 3.83. The van der Waals surface area contributed by atoms with Gasteiger partial charge in [-0.2, -0.15) is 0 Å². The molecule has 0 radical (unpaired) electrons. The lowest BCUT2D eigenvalue weighted by Gasteiger charge is -2.33. The average Bonchev–Trinajstić information content (AvgIpc) is 2.81. The summed E-state index contributed by atoms with van der Waals surface area (Å²) in [7, 11) is 0. The molecule has 2 atom stereocenters. The Labute approximate surface area is 213 Å². The summed E-state index contributed by atoms with van der Waals surface area (Å²) in [5.74, 6) is -1.03. The Morgan fingerprint density at radius 3 is 2.25 bits per heavy atom. The SMILES string of the molecule is C=Cc1cccc(C(C(=O)Nc2c(C)cccc2C)N(CC)C(=O)C(CO)NC(=O)OC(C)(C)C)c1. The summed E-state index contributed by atoms with van der Waals surface area (Å²) in [6.07, 6.45) is 0.819. The van der Waals surface area contributed by atoms with Crippen LogP contribution in [0.2, 0.25) is 0 Å². The predicted molar refractivity (Wildman–Crippen MR) is 141 cm³/mol. The number of hydrogen-bond acceptors (Lipinski definition) is 5. The molecule has 3 amide bonds. The minimum Gasteiger partial charge on any atom is -0.444 e. The van der Waals surface area contributed by atoms with Crippen molar-refractivity contribution in [3.8, 4) is 0 Å². The van der Waals surface area contributed by atoms with Crippen LogP contribution >= 0.6 is 0 Å². The molecule has 0 aromatic heterocycles. The van der Waals surface area contributed by atoms with Gasteiger partial charge in [-0.25, -0.2) is 4.79 Å². The predicted octanol–water partition coefficient (Wildman–Crippen LogP) is 4.36. The van der Waals surface area contributed by atoms with Crippen LogP contribution < -0.4 is 10.6 Å². The molecule has 0 saturated heterocycles. The molecule has 0 aliphatic rings. The Morgan fingerprint density at radius 2 is 1.72 bits per heavy atom. The molecule has 0 spiro atoms. The van der Waals surface area contributed by atoms with Crippen molar-refractivity contribution in [2.75, 3.05) is 18.5 Å². The first-order valence-corrected chi connectivity index (χ1v) is 11.9. The van der Waals surface area contributed by atoms with E-state index in [9.17, 15) is 19.5 Å². The maximum Gasteiger partial charge on any atom is 0.408 e. The van der Waals surface area contributed by atoms with Gasteiger partial charge in [0.05, 0.1) is 6.61 Å². The quantitative estimate of drug-likeness (QED) is 0.479. The Bertz CT molecular complexity index is 1090. The molecule has 0 saturated carbocycles. The number of carbonyl (C=O) groups is 3. The summed E-state index contributed by atoms with van der Waals surface area (Å²) in [5, 5.41) is 15.3. The minimum atomic E-state index is -1.29. The number of rotatable bonds is 9. The number of hydrogen-bond donors (Lipinski definition) is 3. The van der Waals surface area contributed by atoms with Crippen LogP contribution in [-0.4, -0.2) is 52.7 Å². The summed E-state index contributed by atoms with van der Waals surface area (Å²) in [6.45, 7) is 13.9. The van der Waals surface area contributed by atoms with Crippen molar-refractivity contribution in [3.05, 3.63) is 71.3 Å². The lowest BCUT2D eigenvalue weighted by atomic mass is 10.00. The van der Waals surface area contributed by atoms with Gasteiger partial charge in [0.2, 0.25) is 5.91 Å². The largest absolute Gasteiger partial charge is 0.444 e. The second-order valence-corrected chi connectivity index (χ2v) is 9.54. The number of amides is 3. The molecule has 8 heteroatoms. The summed E-state index contributed by atoms with van der Waals surface area (Å²) >= 11 is 0. The van der Waals surface area contributed by atoms with Crippen LogP contribution in [0.5, 0.6) is 0 Å². The van der Waals surface area contributed by atoms with Crippen molar-refractivity contribution in [2.45, 2.75) is 59.2 Å². The van der Waals surface area contributed by atoms with E-state index in [1.807, 2.05) is 38.1 Å². The molecule has 0 fully saturated rings. The van der Waals surface area contributed by atoms with E-state index in [1.54, 1.807) is 52.0 Å². The molecule has 2 unspecified atom stereocenters. The van der Waals surface area contributed by atoms with E-state index in [4.69, 9.17) is 4.74 Å². The van der Waals surface area contributed by atoms with Crippen LogP contribution in [0, 0.1) is 13.8 Å². The highest BCUT2D eigenvalue weighted by atomic mass is 16.6. The second kappa shape index (κ2) is 12.4. The number of aryl methyl sites for hydroxylation is 2. The molecular weight excluding hydrogens is 458 g/mol. The number of nitrogens with zero attached hydrogens (tertiary/aromatic N) is 1. The summed E-state index contributed by atoms with van der Waals surface area (Å²) in [5.41, 5.74) is 3.01. The number of carbonyl (C=O) groups excluding carboxylic acids is 3. The Kier molecular flexibility index (Phi) is 9.81. The van der Waals surface area contributed by atoms with Gasteiger partial charge in [0.25, 0.3) is 5.91 Å². The minimum absolute atomic E-state index is 0.147. The molecule has 2 aromatic rings. The van der Waals surface area contributed by atoms with E-state index in [0.717, 1.165) is 16.7 Å². The van der Waals surface area contributed by atoms with Gasteiger partial charge < -0.3 is 25.4 Å². The summed E-state index contributed by atoms with van der Waals surface area (Å²) < 4.78 is 5.24. The van der Waals surface area contributed by atoms with Gasteiger partial charge in [0.15, 0.2) is 0 Å². The van der Waals surface area contributed by atoms with Gasteiger partial charge in [0, 0.05) is 12.2 Å². The van der Waals surface area contributed by atoms with Crippen LogP contribution in [0.3, 0.4) is 0 Å². The third-order valence-electron chi connectivity index (χ3n) is 5.55. The standard InChI is InChI=1S/C28H37N3O5/c1-8-20-14-11-15-21(16-20)24(25(33)30-23-18(3)12-10-13-19(23)4)31(9-2)26(34)22(17-32)29-27(35)36-28(5,6)7/h8,10-16,22,24,32H,1,9,17H2,2-7H3,(H,29,35)(H,30,33). The highest BCUT2D eigenvalue weighted by Crippen LogP contribution is 2.27. The molecule has 2 rings (SSSR count). The number of aliphatic hydroxyl groups is 1. The first kappa shape index (κ1) is 28.6. The average molecular weight is 496 g/mol. The number of alkyl carbamates (subject to hydrolysis) is 1. The Balaban J connectivity index is 2.47. The normalized spacial score (nSPS) is 12.8. The second-order valence-electron chi connectivity index (χ2n) is 9.54. The number of aliphatic hydroxyl groups excluding tert-OH is 1. The van der Waals surface area contributed by atoms with Crippen LogP contribution in [0.15, 0.2) is 49.0 Å². The number of anilines is 1. The van der Waals surface area contributed by atoms with Crippen molar-refractivity contribution < 1.29 is 24.2 Å². The van der Waals surface area contributed by atoms with Crippen LogP contribution in [-0.2, 0) is 14.3 Å². The van der Waals surface area contributed by atoms with Gasteiger partial charge in [-0.3, -0.25) is 9.59 Å². The van der Waals surface area contributed by atoms with E-state index in [1.165, 1.54) is 4.90 Å².